The van der Waals surface area contributed by atoms with Gasteiger partial charge in [0.15, 0.2) is 0 Å². The first-order valence-corrected chi connectivity index (χ1v) is 11.6. The van der Waals surface area contributed by atoms with Crippen molar-refractivity contribution in [3.8, 4) is 5.75 Å². The van der Waals surface area contributed by atoms with Gasteiger partial charge in [0.05, 0.1) is 17.9 Å². The smallest absolute Gasteiger partial charge is 0.295 e. The molecule has 8 heteroatoms. The van der Waals surface area contributed by atoms with E-state index < -0.39 is 17.7 Å². The number of ketones is 1. The molecule has 0 bridgehead atoms. The number of aliphatic hydroxyl groups excluding tert-OH is 1. The van der Waals surface area contributed by atoms with Crippen LogP contribution in [0.2, 0.25) is 0 Å². The lowest BCUT2D eigenvalue weighted by molar-refractivity contribution is -0.139. The minimum Gasteiger partial charge on any atom is -0.507 e. The van der Waals surface area contributed by atoms with Crippen molar-refractivity contribution in [3.63, 3.8) is 0 Å². The van der Waals surface area contributed by atoms with Crippen LogP contribution in [0.3, 0.4) is 0 Å². The Morgan fingerprint density at radius 2 is 1.97 bits per heavy atom. The van der Waals surface area contributed by atoms with Crippen LogP contribution < -0.4 is 4.74 Å². The molecule has 1 amide bonds. The molecule has 2 aromatic carbocycles. The number of hydrogen-bond donors (Lipinski definition) is 1. The third-order valence-electron chi connectivity index (χ3n) is 5.57. The summed E-state index contributed by atoms with van der Waals surface area (Å²) in [5.41, 5.74) is 1.21. The average molecular weight is 522 g/mol. The standard InChI is InChI=1S/C26H24BrN3O4/c1-2-15-34-21-6-3-5-19(16-21)23-22(24(31)18-7-9-20(27)10-8-18)25(32)26(33)30(23)13-4-12-29-14-11-28-17-29/h2-3,5-11,14,16-17,23,31H,1,4,12-13,15H2. The van der Waals surface area contributed by atoms with Crippen LogP contribution in [0.15, 0.2) is 90.0 Å². The van der Waals surface area contributed by atoms with Crippen LogP contribution in [0.5, 0.6) is 5.75 Å². The third kappa shape index (κ3) is 4.97. The summed E-state index contributed by atoms with van der Waals surface area (Å²) in [6, 6.07) is 13.4. The molecule has 7 nitrogen and oxygen atoms in total. The number of Topliss-reactive ketones (excluding diaryl/α,β-unsaturated/α-hetero) is 1. The second kappa shape index (κ2) is 10.5. The first kappa shape index (κ1) is 23.5. The molecule has 174 valence electrons. The van der Waals surface area contributed by atoms with Crippen LogP contribution in [0.1, 0.15) is 23.6 Å². The fourth-order valence-corrected chi connectivity index (χ4v) is 4.26. The zero-order valence-electron chi connectivity index (χ0n) is 18.4. The van der Waals surface area contributed by atoms with E-state index in [-0.39, 0.29) is 11.3 Å². The molecule has 2 heterocycles. The van der Waals surface area contributed by atoms with Gasteiger partial charge in [0.1, 0.15) is 18.1 Å². The third-order valence-corrected chi connectivity index (χ3v) is 6.10. The lowest BCUT2D eigenvalue weighted by atomic mass is 9.95. The highest BCUT2D eigenvalue weighted by Crippen LogP contribution is 2.40. The van der Waals surface area contributed by atoms with Crippen LogP contribution in [-0.4, -0.2) is 44.4 Å². The number of rotatable bonds is 9. The van der Waals surface area contributed by atoms with Gasteiger partial charge in [0.25, 0.3) is 11.7 Å². The molecular formula is C26H24BrN3O4. The lowest BCUT2D eigenvalue weighted by Gasteiger charge is -2.25. The highest BCUT2D eigenvalue weighted by atomic mass is 79.9. The van der Waals surface area contributed by atoms with Gasteiger partial charge in [-0.05, 0) is 36.2 Å². The van der Waals surface area contributed by atoms with E-state index in [0.717, 1.165) is 4.47 Å². The van der Waals surface area contributed by atoms with Gasteiger partial charge in [-0.1, -0.05) is 52.9 Å². The maximum absolute atomic E-state index is 13.2. The minimum atomic E-state index is -0.737. The number of benzene rings is 2. The normalized spacial score (nSPS) is 17.2. The number of carbonyl (C=O) groups is 2. The SMILES string of the molecule is C=CCOc1cccc(C2C(=C(O)c3ccc(Br)cc3)C(=O)C(=O)N2CCCn2ccnc2)c1. The van der Waals surface area contributed by atoms with Crippen molar-refractivity contribution in [1.29, 1.82) is 0 Å². The summed E-state index contributed by atoms with van der Waals surface area (Å²) in [6.45, 7) is 4.97. The number of carbonyl (C=O) groups excluding carboxylic acids is 2. The van der Waals surface area contributed by atoms with Crippen molar-refractivity contribution in [1.82, 2.24) is 14.5 Å². The van der Waals surface area contributed by atoms with Gasteiger partial charge in [-0.15, -0.1) is 0 Å². The van der Waals surface area contributed by atoms with E-state index in [2.05, 4.69) is 27.5 Å². The molecule has 1 N–H and O–H groups in total. The Morgan fingerprint density at radius 3 is 2.68 bits per heavy atom. The summed E-state index contributed by atoms with van der Waals surface area (Å²) < 4.78 is 8.42. The largest absolute Gasteiger partial charge is 0.507 e. The quantitative estimate of drug-likeness (QED) is 0.190. The Bertz CT molecular complexity index is 1220. The Kier molecular flexibility index (Phi) is 7.27. The molecule has 1 aliphatic heterocycles. The predicted molar refractivity (Wildman–Crippen MR) is 132 cm³/mol. The van der Waals surface area contributed by atoms with E-state index in [1.165, 1.54) is 4.90 Å². The number of halogens is 1. The van der Waals surface area contributed by atoms with E-state index in [4.69, 9.17) is 4.74 Å². The second-order valence-electron chi connectivity index (χ2n) is 7.83. The first-order valence-electron chi connectivity index (χ1n) is 10.8. The summed E-state index contributed by atoms with van der Waals surface area (Å²) in [7, 11) is 0. The Balaban J connectivity index is 1.73. The van der Waals surface area contributed by atoms with Gasteiger partial charge >= 0.3 is 0 Å². The first-order chi connectivity index (χ1) is 16.5. The van der Waals surface area contributed by atoms with E-state index >= 15 is 0 Å². The highest BCUT2D eigenvalue weighted by Gasteiger charge is 2.45. The van der Waals surface area contributed by atoms with E-state index in [0.29, 0.717) is 43.0 Å². The van der Waals surface area contributed by atoms with E-state index in [9.17, 15) is 14.7 Å². The minimum absolute atomic E-state index is 0.0656. The maximum atomic E-state index is 13.2. The molecule has 1 atom stereocenters. The summed E-state index contributed by atoms with van der Waals surface area (Å²) in [5.74, 6) is -0.951. The molecule has 1 aliphatic rings. The van der Waals surface area contributed by atoms with E-state index in [1.54, 1.807) is 61.1 Å². The van der Waals surface area contributed by atoms with Crippen LogP contribution in [0.4, 0.5) is 0 Å². The van der Waals surface area contributed by atoms with Crippen molar-refractivity contribution < 1.29 is 19.4 Å². The number of aliphatic hydroxyl groups is 1. The molecule has 0 saturated carbocycles. The molecule has 0 radical (unpaired) electrons. The fourth-order valence-electron chi connectivity index (χ4n) is 3.99. The molecule has 1 aromatic heterocycles. The van der Waals surface area contributed by atoms with Crippen LogP contribution in [0, 0.1) is 0 Å². The van der Waals surface area contributed by atoms with Crippen molar-refractivity contribution in [2.24, 2.45) is 0 Å². The van der Waals surface area contributed by atoms with Gasteiger partial charge in [0.2, 0.25) is 0 Å². The second-order valence-corrected chi connectivity index (χ2v) is 8.74. The average Bonchev–Trinajstić information content (AvgIpc) is 3.45. The molecular weight excluding hydrogens is 498 g/mol. The molecule has 1 saturated heterocycles. The number of nitrogens with zero attached hydrogens (tertiary/aromatic N) is 3. The Morgan fingerprint density at radius 1 is 1.18 bits per heavy atom. The highest BCUT2D eigenvalue weighted by molar-refractivity contribution is 9.10. The van der Waals surface area contributed by atoms with Gasteiger partial charge in [0, 0.05) is 35.5 Å². The Labute approximate surface area is 206 Å². The molecule has 0 aliphatic carbocycles. The van der Waals surface area contributed by atoms with Crippen LogP contribution >= 0.6 is 15.9 Å². The van der Waals surface area contributed by atoms with Crippen LogP contribution in [0.25, 0.3) is 5.76 Å². The topological polar surface area (TPSA) is 84.7 Å². The molecule has 0 spiro atoms. The van der Waals surface area contributed by atoms with Gasteiger partial charge < -0.3 is 19.3 Å². The van der Waals surface area contributed by atoms with Crippen molar-refractivity contribution >= 4 is 33.4 Å². The fraction of sp³-hybridized carbons (Fsp3) is 0.192. The van der Waals surface area contributed by atoms with Crippen molar-refractivity contribution in [2.45, 2.75) is 19.0 Å². The molecule has 34 heavy (non-hydrogen) atoms. The molecule has 4 rings (SSSR count). The number of hydrogen-bond acceptors (Lipinski definition) is 5. The van der Waals surface area contributed by atoms with Crippen molar-refractivity contribution in [3.05, 3.63) is 101 Å². The zero-order valence-corrected chi connectivity index (χ0v) is 20.0. The lowest BCUT2D eigenvalue weighted by Crippen LogP contribution is -2.31. The monoisotopic (exact) mass is 521 g/mol. The van der Waals surface area contributed by atoms with Crippen molar-refractivity contribution in [2.75, 3.05) is 13.2 Å². The number of aromatic nitrogens is 2. The number of amides is 1. The number of ether oxygens (including phenoxy) is 1. The van der Waals surface area contributed by atoms with Gasteiger partial charge in [-0.2, -0.15) is 0 Å². The summed E-state index contributed by atoms with van der Waals surface area (Å²) >= 11 is 3.38. The van der Waals surface area contributed by atoms with Crippen LogP contribution in [-0.2, 0) is 16.1 Å². The molecule has 1 unspecified atom stereocenters. The summed E-state index contributed by atoms with van der Waals surface area (Å²) in [4.78, 5) is 31.8. The van der Waals surface area contributed by atoms with Gasteiger partial charge in [-0.3, -0.25) is 9.59 Å². The molecule has 3 aromatic rings. The Hall–Kier alpha value is -3.65. The maximum Gasteiger partial charge on any atom is 0.295 e. The summed E-state index contributed by atoms with van der Waals surface area (Å²) in [6.07, 6.45) is 7.51. The van der Waals surface area contributed by atoms with E-state index in [1.807, 2.05) is 16.8 Å². The number of likely N-dealkylation sites (tertiary alicyclic amines) is 1. The number of imidazole rings is 1. The van der Waals surface area contributed by atoms with Gasteiger partial charge in [-0.25, -0.2) is 4.98 Å². The zero-order chi connectivity index (χ0) is 24.1. The molecule has 1 fully saturated rings. The number of aryl methyl sites for hydroxylation is 1. The predicted octanol–water partition coefficient (Wildman–Crippen LogP) is 4.72. The summed E-state index contributed by atoms with van der Waals surface area (Å²) in [5, 5.41) is 11.1.